The first-order valence-corrected chi connectivity index (χ1v) is 8.53. The van der Waals surface area contributed by atoms with Gasteiger partial charge in [-0.15, -0.1) is 0 Å². The fourth-order valence-corrected chi connectivity index (χ4v) is 2.77. The molecule has 6 nitrogen and oxygen atoms in total. The number of benzene rings is 1. The lowest BCUT2D eigenvalue weighted by Gasteiger charge is -2.24. The van der Waals surface area contributed by atoms with Crippen molar-refractivity contribution in [3.8, 4) is 0 Å². The maximum Gasteiger partial charge on any atom is 0.251 e. The van der Waals surface area contributed by atoms with Crippen molar-refractivity contribution >= 4 is 11.9 Å². The third-order valence-corrected chi connectivity index (χ3v) is 4.09. The SMILES string of the molecule is CN=C(NCCCNC(=O)c1ccccc1)N(C)CC1CCOC1. The van der Waals surface area contributed by atoms with E-state index >= 15 is 0 Å². The van der Waals surface area contributed by atoms with Crippen LogP contribution in [0, 0.1) is 5.92 Å². The molecule has 24 heavy (non-hydrogen) atoms. The molecule has 1 unspecified atom stereocenters. The molecule has 1 aliphatic heterocycles. The number of ether oxygens (including phenoxy) is 1. The van der Waals surface area contributed by atoms with Crippen molar-refractivity contribution in [1.29, 1.82) is 0 Å². The van der Waals surface area contributed by atoms with E-state index < -0.39 is 0 Å². The van der Waals surface area contributed by atoms with Crippen LogP contribution in [0.25, 0.3) is 0 Å². The van der Waals surface area contributed by atoms with Gasteiger partial charge in [0.25, 0.3) is 5.91 Å². The van der Waals surface area contributed by atoms with E-state index in [1.807, 2.05) is 37.4 Å². The van der Waals surface area contributed by atoms with Crippen LogP contribution in [-0.2, 0) is 4.74 Å². The van der Waals surface area contributed by atoms with Crippen molar-refractivity contribution < 1.29 is 9.53 Å². The van der Waals surface area contributed by atoms with E-state index in [1.54, 1.807) is 7.05 Å². The zero-order valence-corrected chi connectivity index (χ0v) is 14.6. The van der Waals surface area contributed by atoms with Crippen LogP contribution in [0.2, 0.25) is 0 Å². The van der Waals surface area contributed by atoms with E-state index in [-0.39, 0.29) is 5.91 Å². The zero-order valence-electron chi connectivity index (χ0n) is 14.6. The highest BCUT2D eigenvalue weighted by Gasteiger charge is 2.18. The van der Waals surface area contributed by atoms with Crippen LogP contribution < -0.4 is 10.6 Å². The Balaban J connectivity index is 1.62. The molecule has 0 bridgehead atoms. The highest BCUT2D eigenvalue weighted by atomic mass is 16.5. The van der Waals surface area contributed by atoms with E-state index in [1.165, 1.54) is 0 Å². The summed E-state index contributed by atoms with van der Waals surface area (Å²) < 4.78 is 5.42. The molecule has 0 spiro atoms. The van der Waals surface area contributed by atoms with Crippen molar-refractivity contribution in [2.45, 2.75) is 12.8 Å². The summed E-state index contributed by atoms with van der Waals surface area (Å²) in [7, 11) is 3.84. The van der Waals surface area contributed by atoms with E-state index in [4.69, 9.17) is 4.74 Å². The zero-order chi connectivity index (χ0) is 17.2. The first-order chi connectivity index (χ1) is 11.7. The van der Waals surface area contributed by atoms with Crippen LogP contribution >= 0.6 is 0 Å². The van der Waals surface area contributed by atoms with Crippen molar-refractivity contribution in [1.82, 2.24) is 15.5 Å². The fraction of sp³-hybridized carbons (Fsp3) is 0.556. The molecular weight excluding hydrogens is 304 g/mol. The minimum absolute atomic E-state index is 0.0293. The fourth-order valence-electron chi connectivity index (χ4n) is 2.77. The summed E-state index contributed by atoms with van der Waals surface area (Å²) >= 11 is 0. The number of aliphatic imine (C=N–C) groups is 1. The van der Waals surface area contributed by atoms with Gasteiger partial charge in [0.15, 0.2) is 5.96 Å². The van der Waals surface area contributed by atoms with Gasteiger partial charge in [0, 0.05) is 51.8 Å². The topological polar surface area (TPSA) is 66.0 Å². The molecule has 1 saturated heterocycles. The average molecular weight is 332 g/mol. The van der Waals surface area contributed by atoms with Gasteiger partial charge >= 0.3 is 0 Å². The molecule has 2 rings (SSSR count). The molecule has 1 heterocycles. The smallest absolute Gasteiger partial charge is 0.251 e. The molecule has 132 valence electrons. The summed E-state index contributed by atoms with van der Waals surface area (Å²) in [6.07, 6.45) is 1.96. The number of carbonyl (C=O) groups excluding carboxylic acids is 1. The number of guanidine groups is 1. The Labute approximate surface area is 144 Å². The lowest BCUT2D eigenvalue weighted by molar-refractivity contribution is 0.0953. The molecule has 0 aliphatic carbocycles. The van der Waals surface area contributed by atoms with Gasteiger partial charge in [-0.2, -0.15) is 0 Å². The predicted molar refractivity (Wildman–Crippen MR) is 96.3 cm³/mol. The Hall–Kier alpha value is -2.08. The van der Waals surface area contributed by atoms with Gasteiger partial charge in [-0.25, -0.2) is 0 Å². The largest absolute Gasteiger partial charge is 0.381 e. The molecule has 1 fully saturated rings. The maximum atomic E-state index is 11.9. The molecule has 0 aromatic heterocycles. The maximum absolute atomic E-state index is 11.9. The normalized spacial score (nSPS) is 17.6. The minimum Gasteiger partial charge on any atom is -0.381 e. The number of carbonyl (C=O) groups is 1. The van der Waals surface area contributed by atoms with Crippen molar-refractivity contribution in [3.05, 3.63) is 35.9 Å². The standard InChI is InChI=1S/C18H28N4O2/c1-19-18(22(2)13-15-9-12-24-14-15)21-11-6-10-20-17(23)16-7-4-3-5-8-16/h3-5,7-8,15H,6,9-14H2,1-2H3,(H,19,21)(H,20,23). The molecule has 0 radical (unpaired) electrons. The molecule has 1 aliphatic rings. The van der Waals surface area contributed by atoms with Crippen LogP contribution in [0.4, 0.5) is 0 Å². The predicted octanol–water partition coefficient (Wildman–Crippen LogP) is 1.35. The third kappa shape index (κ3) is 5.85. The molecule has 1 amide bonds. The Kier molecular flexibility index (Phi) is 7.55. The van der Waals surface area contributed by atoms with Gasteiger partial charge in [-0.1, -0.05) is 18.2 Å². The van der Waals surface area contributed by atoms with Gasteiger partial charge in [0.05, 0.1) is 6.61 Å². The summed E-state index contributed by atoms with van der Waals surface area (Å²) in [4.78, 5) is 18.4. The van der Waals surface area contributed by atoms with E-state index in [2.05, 4.69) is 20.5 Å². The van der Waals surface area contributed by atoms with E-state index in [0.717, 1.165) is 45.1 Å². The quantitative estimate of drug-likeness (QED) is 0.449. The van der Waals surface area contributed by atoms with Crippen LogP contribution in [0.5, 0.6) is 0 Å². The summed E-state index contributed by atoms with van der Waals surface area (Å²) in [6.45, 7) is 4.06. The molecule has 1 aromatic carbocycles. The Morgan fingerprint density at radius 2 is 2.04 bits per heavy atom. The third-order valence-electron chi connectivity index (χ3n) is 4.09. The summed E-state index contributed by atoms with van der Waals surface area (Å²) in [5, 5.41) is 6.27. The molecular formula is C18H28N4O2. The first-order valence-electron chi connectivity index (χ1n) is 8.53. The van der Waals surface area contributed by atoms with Gasteiger partial charge in [-0.05, 0) is 25.0 Å². The molecule has 1 atom stereocenters. The molecule has 1 aromatic rings. The number of nitrogens with zero attached hydrogens (tertiary/aromatic N) is 2. The van der Waals surface area contributed by atoms with Crippen LogP contribution in [0.15, 0.2) is 35.3 Å². The number of nitrogens with one attached hydrogen (secondary N) is 2. The molecule has 0 saturated carbocycles. The van der Waals surface area contributed by atoms with E-state index in [0.29, 0.717) is 18.0 Å². The van der Waals surface area contributed by atoms with Gasteiger partial charge < -0.3 is 20.3 Å². The summed E-state index contributed by atoms with van der Waals surface area (Å²) in [6, 6.07) is 9.27. The van der Waals surface area contributed by atoms with Gasteiger partial charge in [-0.3, -0.25) is 9.79 Å². The van der Waals surface area contributed by atoms with Crippen molar-refractivity contribution in [2.24, 2.45) is 10.9 Å². The molecule has 6 heteroatoms. The Bertz CT molecular complexity index is 527. The second kappa shape index (κ2) is 9.93. The number of amides is 1. The Morgan fingerprint density at radius 1 is 1.29 bits per heavy atom. The highest BCUT2D eigenvalue weighted by Crippen LogP contribution is 2.13. The number of hydrogen-bond donors (Lipinski definition) is 2. The second-order valence-corrected chi connectivity index (χ2v) is 6.06. The van der Waals surface area contributed by atoms with Crippen LogP contribution in [0.3, 0.4) is 0 Å². The summed E-state index contributed by atoms with van der Waals surface area (Å²) in [5.41, 5.74) is 0.694. The second-order valence-electron chi connectivity index (χ2n) is 6.06. The van der Waals surface area contributed by atoms with Crippen LogP contribution in [0.1, 0.15) is 23.2 Å². The van der Waals surface area contributed by atoms with Crippen molar-refractivity contribution in [3.63, 3.8) is 0 Å². The van der Waals surface area contributed by atoms with Crippen LogP contribution in [-0.4, -0.2) is 63.7 Å². The number of hydrogen-bond acceptors (Lipinski definition) is 3. The lowest BCUT2D eigenvalue weighted by Crippen LogP contribution is -2.42. The Morgan fingerprint density at radius 3 is 2.71 bits per heavy atom. The van der Waals surface area contributed by atoms with Crippen molar-refractivity contribution in [2.75, 3.05) is 46.9 Å². The first kappa shape index (κ1) is 18.3. The monoisotopic (exact) mass is 332 g/mol. The average Bonchev–Trinajstić information content (AvgIpc) is 3.11. The summed E-state index contributed by atoms with van der Waals surface area (Å²) in [5.74, 6) is 1.44. The molecule has 2 N–H and O–H groups in total. The van der Waals surface area contributed by atoms with Gasteiger partial charge in [0.1, 0.15) is 0 Å². The lowest BCUT2D eigenvalue weighted by atomic mass is 10.1. The minimum atomic E-state index is -0.0293. The number of rotatable bonds is 7. The van der Waals surface area contributed by atoms with E-state index in [9.17, 15) is 4.79 Å². The van der Waals surface area contributed by atoms with Gasteiger partial charge in [0.2, 0.25) is 0 Å². The highest BCUT2D eigenvalue weighted by molar-refractivity contribution is 5.94.